The van der Waals surface area contributed by atoms with Gasteiger partial charge >= 0.3 is 11.9 Å². The van der Waals surface area contributed by atoms with Gasteiger partial charge in [-0.2, -0.15) is 13.4 Å². The van der Waals surface area contributed by atoms with Crippen molar-refractivity contribution in [2.75, 3.05) is 25.0 Å². The van der Waals surface area contributed by atoms with Crippen LogP contribution in [0.5, 0.6) is 23.1 Å². The molecule has 0 bridgehead atoms. The standard InChI is InChI=1S/C46H48N6O15S/c1-29-8-6-7-9-38(29)67-40-42(50-68(59,60)39-23-20-35(24-47-39)46(2,3)4)48-41(32-18-21-36(61-5)22-19-32)49-43(40)62-27-37(66-45(54)34-16-12-31(13-17-34)26-65-52(57)58)28-63-44(53)33-14-10-30(11-15-33)25-64-51(55)56/h6-24,37,55-58H,25-28H2,1-5H3,(H,48,49,50). The fourth-order valence-corrected chi connectivity index (χ4v) is 6.94. The van der Waals surface area contributed by atoms with E-state index in [4.69, 9.17) is 44.5 Å². The van der Waals surface area contributed by atoms with E-state index in [1.54, 1.807) is 61.5 Å². The first kappa shape index (κ1) is 50.3. The second-order valence-corrected chi connectivity index (χ2v) is 17.4. The van der Waals surface area contributed by atoms with Crippen LogP contribution in [0.1, 0.15) is 63.7 Å². The molecule has 0 fully saturated rings. The smallest absolute Gasteiger partial charge is 0.338 e. The first-order valence-corrected chi connectivity index (χ1v) is 22.0. The van der Waals surface area contributed by atoms with E-state index < -0.39 is 52.1 Å². The predicted octanol–water partition coefficient (Wildman–Crippen LogP) is 7.23. The van der Waals surface area contributed by atoms with Crippen LogP contribution in [0.2, 0.25) is 0 Å². The molecule has 68 heavy (non-hydrogen) atoms. The minimum absolute atomic E-state index is 0.0254. The Labute approximate surface area is 390 Å². The molecule has 2 aromatic heterocycles. The molecule has 0 aliphatic heterocycles. The lowest BCUT2D eigenvalue weighted by atomic mass is 9.88. The third-order valence-corrected chi connectivity index (χ3v) is 11.0. The van der Waals surface area contributed by atoms with Crippen LogP contribution in [0.3, 0.4) is 0 Å². The molecule has 0 saturated carbocycles. The van der Waals surface area contributed by atoms with Gasteiger partial charge in [-0.05, 0) is 95.3 Å². The van der Waals surface area contributed by atoms with E-state index in [2.05, 4.69) is 29.3 Å². The van der Waals surface area contributed by atoms with Crippen molar-refractivity contribution in [3.63, 3.8) is 0 Å². The zero-order valence-corrected chi connectivity index (χ0v) is 38.1. The second-order valence-electron chi connectivity index (χ2n) is 15.7. The quantitative estimate of drug-likeness (QED) is 0.0351. The fourth-order valence-electron chi connectivity index (χ4n) is 6.00. The molecule has 22 heteroatoms. The summed E-state index contributed by atoms with van der Waals surface area (Å²) in [5.41, 5.74) is 2.62. The van der Waals surface area contributed by atoms with Crippen molar-refractivity contribution in [1.82, 2.24) is 25.7 Å². The number of aromatic nitrogens is 3. The van der Waals surface area contributed by atoms with E-state index in [9.17, 15) is 18.0 Å². The van der Waals surface area contributed by atoms with E-state index >= 15 is 0 Å². The summed E-state index contributed by atoms with van der Waals surface area (Å²) in [6.07, 6.45) is 0.110. The molecule has 6 rings (SSSR count). The van der Waals surface area contributed by atoms with Crippen LogP contribution in [-0.2, 0) is 47.8 Å². The predicted molar refractivity (Wildman–Crippen MR) is 237 cm³/mol. The molecule has 0 amide bonds. The topological polar surface area (TPSA) is 271 Å². The van der Waals surface area contributed by atoms with Gasteiger partial charge in [0.25, 0.3) is 15.9 Å². The number of para-hydroxylation sites is 1. The molecule has 0 spiro atoms. The number of carbonyl (C=O) groups is 2. The third-order valence-electron chi connectivity index (χ3n) is 9.75. The van der Waals surface area contributed by atoms with Crippen LogP contribution in [0.25, 0.3) is 11.4 Å². The average molecular weight is 957 g/mol. The fraction of sp³-hybridized carbons (Fsp3) is 0.239. The highest BCUT2D eigenvalue weighted by Gasteiger charge is 2.28. The Morgan fingerprint density at radius 3 is 1.90 bits per heavy atom. The summed E-state index contributed by atoms with van der Waals surface area (Å²) in [7, 11) is -2.97. The van der Waals surface area contributed by atoms with Crippen molar-refractivity contribution in [3.8, 4) is 34.5 Å². The maximum Gasteiger partial charge on any atom is 0.338 e. The number of nitrogens with one attached hydrogen (secondary N) is 1. The lowest BCUT2D eigenvalue weighted by Gasteiger charge is -2.21. The molecule has 0 aliphatic carbocycles. The van der Waals surface area contributed by atoms with Crippen molar-refractivity contribution >= 4 is 27.8 Å². The van der Waals surface area contributed by atoms with Gasteiger partial charge in [0.15, 0.2) is 22.8 Å². The molecule has 1 unspecified atom stereocenters. The minimum Gasteiger partial charge on any atom is -0.497 e. The molecule has 0 saturated heterocycles. The normalized spacial score (nSPS) is 12.1. The van der Waals surface area contributed by atoms with Gasteiger partial charge in [0.1, 0.15) is 24.7 Å². The summed E-state index contributed by atoms with van der Waals surface area (Å²) in [5.74, 6) is -1.88. The Balaban J connectivity index is 1.38. The van der Waals surface area contributed by atoms with Gasteiger partial charge in [-0.1, -0.05) is 69.3 Å². The summed E-state index contributed by atoms with van der Waals surface area (Å²) < 4.78 is 60.2. The minimum atomic E-state index is -4.47. The Morgan fingerprint density at radius 1 is 0.750 bits per heavy atom. The van der Waals surface area contributed by atoms with Crippen LogP contribution in [-0.4, -0.2) is 93.3 Å². The molecule has 4 aromatic carbocycles. The number of methoxy groups -OCH3 is 1. The molecule has 1 atom stereocenters. The highest BCUT2D eigenvalue weighted by atomic mass is 32.2. The van der Waals surface area contributed by atoms with Crippen molar-refractivity contribution in [1.29, 1.82) is 0 Å². The zero-order valence-electron chi connectivity index (χ0n) is 37.3. The maximum absolute atomic E-state index is 14.1. The number of anilines is 1. The maximum atomic E-state index is 14.1. The van der Waals surface area contributed by atoms with Crippen molar-refractivity contribution in [3.05, 3.63) is 149 Å². The monoisotopic (exact) mass is 956 g/mol. The number of aryl methyl sites for hydroxylation is 1. The van der Waals surface area contributed by atoms with Gasteiger partial charge < -0.3 is 23.7 Å². The number of nitrogens with zero attached hydrogens (tertiary/aromatic N) is 5. The summed E-state index contributed by atoms with van der Waals surface area (Å²) in [6, 6.07) is 28.0. The first-order valence-electron chi connectivity index (χ1n) is 20.5. The lowest BCUT2D eigenvalue weighted by molar-refractivity contribution is -0.497. The second kappa shape index (κ2) is 22.6. The summed E-state index contributed by atoms with van der Waals surface area (Å²) in [5, 5.41) is 34.3. The molecule has 358 valence electrons. The number of pyridine rings is 1. The zero-order chi connectivity index (χ0) is 49.0. The SMILES string of the molecule is COc1ccc(-c2nc(NS(=O)(=O)c3ccc(C(C)(C)C)cn3)c(Oc3ccccc3C)c(OCC(COC(=O)c3ccc(CON(O)O)cc3)OC(=O)c3ccc(CON(O)O)cc3)n2)cc1. The van der Waals surface area contributed by atoms with Crippen LogP contribution in [0.15, 0.2) is 120 Å². The van der Waals surface area contributed by atoms with Gasteiger partial charge in [0.05, 0.1) is 42.2 Å². The number of hydrogen-bond acceptors (Lipinski definition) is 20. The van der Waals surface area contributed by atoms with Gasteiger partial charge in [-0.15, -0.1) is 0 Å². The number of rotatable bonds is 21. The summed E-state index contributed by atoms with van der Waals surface area (Å²) in [6.45, 7) is 6.06. The largest absolute Gasteiger partial charge is 0.497 e. The molecule has 6 aromatic rings. The molecule has 5 N–H and O–H groups in total. The van der Waals surface area contributed by atoms with E-state index in [-0.39, 0.29) is 63.8 Å². The third kappa shape index (κ3) is 14.0. The number of hydrogen-bond donors (Lipinski definition) is 5. The van der Waals surface area contributed by atoms with Crippen molar-refractivity contribution in [2.45, 2.75) is 57.5 Å². The van der Waals surface area contributed by atoms with Crippen LogP contribution < -0.4 is 18.9 Å². The highest BCUT2D eigenvalue weighted by Crippen LogP contribution is 2.40. The molecule has 0 aliphatic rings. The van der Waals surface area contributed by atoms with Gasteiger partial charge in [0, 0.05) is 11.8 Å². The number of sulfonamides is 1. The van der Waals surface area contributed by atoms with Gasteiger partial charge in [0.2, 0.25) is 5.75 Å². The Hall–Kier alpha value is -7.12. The molecule has 21 nitrogen and oxygen atoms in total. The average Bonchev–Trinajstić information content (AvgIpc) is 3.32. The summed E-state index contributed by atoms with van der Waals surface area (Å²) >= 11 is 0. The van der Waals surface area contributed by atoms with Gasteiger partial charge in [-0.25, -0.2) is 29.2 Å². The summed E-state index contributed by atoms with van der Waals surface area (Å²) in [4.78, 5) is 49.7. The highest BCUT2D eigenvalue weighted by molar-refractivity contribution is 7.92. The Bertz CT molecular complexity index is 2750. The van der Waals surface area contributed by atoms with E-state index in [1.807, 2.05) is 20.8 Å². The van der Waals surface area contributed by atoms with Crippen molar-refractivity contribution < 1.29 is 72.2 Å². The van der Waals surface area contributed by atoms with Crippen LogP contribution in [0.4, 0.5) is 5.82 Å². The van der Waals surface area contributed by atoms with E-state index in [1.165, 1.54) is 67.9 Å². The number of carbonyl (C=O) groups excluding carboxylic acids is 2. The van der Waals surface area contributed by atoms with E-state index in [0.29, 0.717) is 28.0 Å². The molecule has 2 heterocycles. The number of ether oxygens (including phenoxy) is 5. The molecular weight excluding hydrogens is 909 g/mol. The number of benzene rings is 4. The van der Waals surface area contributed by atoms with E-state index in [0.717, 1.165) is 5.56 Å². The van der Waals surface area contributed by atoms with Crippen LogP contribution in [0, 0.1) is 6.92 Å². The molecular formula is C46H48N6O15S. The molecule has 0 radical (unpaired) electrons. The van der Waals surface area contributed by atoms with Gasteiger partial charge in [-0.3, -0.25) is 25.6 Å². The Morgan fingerprint density at radius 2 is 1.35 bits per heavy atom. The first-order chi connectivity index (χ1) is 32.4. The lowest BCUT2D eigenvalue weighted by Crippen LogP contribution is -2.31. The Kier molecular flexibility index (Phi) is 16.7. The van der Waals surface area contributed by atoms with Crippen molar-refractivity contribution in [2.24, 2.45) is 0 Å². The number of esters is 2. The van der Waals surface area contributed by atoms with Crippen LogP contribution >= 0.6 is 0 Å².